The average Bonchev–Trinajstić information content (AvgIpc) is 3.43. The fourth-order valence-electron chi connectivity index (χ4n) is 5.90. The average molecular weight is 511 g/mol. The van der Waals surface area contributed by atoms with Crippen molar-refractivity contribution in [2.24, 2.45) is 5.92 Å². The summed E-state index contributed by atoms with van der Waals surface area (Å²) < 4.78 is 8.23. The Morgan fingerprint density at radius 3 is 2.81 bits per heavy atom. The Labute approximate surface area is 221 Å². The maximum atomic E-state index is 13.0. The predicted octanol–water partition coefficient (Wildman–Crippen LogP) is 7.49. The molecule has 2 fully saturated rings. The molecule has 0 unspecified atom stereocenters. The molecule has 1 aromatic heterocycles. The molecule has 7 heteroatoms. The van der Waals surface area contributed by atoms with E-state index in [9.17, 15) is 4.79 Å². The van der Waals surface area contributed by atoms with Crippen LogP contribution in [0, 0.1) is 12.5 Å². The van der Waals surface area contributed by atoms with E-state index in [4.69, 9.17) is 22.9 Å². The SMILES string of the molecule is [C-]#[N+]c1ccc2ncn(C[C@H]3CCC[C@]4(C3)CN(Cc3cccc(-c5ccc(Cl)cc5)c3)C(=O)O4)c2c1. The van der Waals surface area contributed by atoms with Gasteiger partial charge in [-0.1, -0.05) is 48.0 Å². The zero-order valence-electron chi connectivity index (χ0n) is 20.4. The summed E-state index contributed by atoms with van der Waals surface area (Å²) in [4.78, 5) is 22.9. The van der Waals surface area contributed by atoms with E-state index in [0.29, 0.717) is 29.7 Å². The number of hydrogen-bond acceptors (Lipinski definition) is 3. The van der Waals surface area contributed by atoms with Crippen LogP contribution in [0.15, 0.2) is 73.1 Å². The van der Waals surface area contributed by atoms with Crippen LogP contribution in [0.25, 0.3) is 27.0 Å². The maximum Gasteiger partial charge on any atom is 0.410 e. The quantitative estimate of drug-likeness (QED) is 0.261. The van der Waals surface area contributed by atoms with Crippen molar-refractivity contribution in [2.75, 3.05) is 6.54 Å². The molecule has 1 saturated heterocycles. The summed E-state index contributed by atoms with van der Waals surface area (Å²) in [6, 6.07) is 21.7. The van der Waals surface area contributed by atoms with Gasteiger partial charge in [-0.2, -0.15) is 0 Å². The molecular weight excluding hydrogens is 484 g/mol. The van der Waals surface area contributed by atoms with Crippen molar-refractivity contribution >= 4 is 34.4 Å². The van der Waals surface area contributed by atoms with E-state index < -0.39 is 5.60 Å². The first-order chi connectivity index (χ1) is 18.0. The van der Waals surface area contributed by atoms with Gasteiger partial charge in [0.25, 0.3) is 0 Å². The Kier molecular flexibility index (Phi) is 6.10. The van der Waals surface area contributed by atoms with Crippen LogP contribution in [0.1, 0.15) is 31.2 Å². The van der Waals surface area contributed by atoms with Crippen LogP contribution in [0.4, 0.5) is 10.5 Å². The molecule has 2 heterocycles. The van der Waals surface area contributed by atoms with Gasteiger partial charge < -0.3 is 9.30 Å². The number of carbonyl (C=O) groups excluding carboxylic acids is 1. The lowest BCUT2D eigenvalue weighted by Gasteiger charge is -2.36. The second-order valence-corrected chi connectivity index (χ2v) is 10.7. The Morgan fingerprint density at radius 2 is 1.97 bits per heavy atom. The number of carbonyl (C=O) groups is 1. The van der Waals surface area contributed by atoms with Crippen LogP contribution >= 0.6 is 11.6 Å². The molecule has 37 heavy (non-hydrogen) atoms. The minimum Gasteiger partial charge on any atom is -0.441 e. The van der Waals surface area contributed by atoms with Crippen LogP contribution in [-0.4, -0.2) is 32.7 Å². The molecule has 2 atom stereocenters. The van der Waals surface area contributed by atoms with E-state index in [0.717, 1.165) is 60.0 Å². The number of ether oxygens (including phenoxy) is 1. The molecule has 0 radical (unpaired) electrons. The van der Waals surface area contributed by atoms with E-state index in [1.165, 1.54) is 0 Å². The number of fused-ring (bicyclic) bond motifs is 1. The lowest BCUT2D eigenvalue weighted by Crippen LogP contribution is -2.40. The first-order valence-electron chi connectivity index (χ1n) is 12.7. The fraction of sp³-hybridized carbons (Fsp3) is 0.300. The molecule has 0 bridgehead atoms. The fourth-order valence-corrected chi connectivity index (χ4v) is 6.03. The van der Waals surface area contributed by atoms with Crippen LogP contribution < -0.4 is 0 Å². The lowest BCUT2D eigenvalue weighted by atomic mass is 9.78. The monoisotopic (exact) mass is 510 g/mol. The third-order valence-electron chi connectivity index (χ3n) is 7.61. The van der Waals surface area contributed by atoms with Crippen molar-refractivity contribution in [1.29, 1.82) is 0 Å². The molecule has 6 rings (SSSR count). The van der Waals surface area contributed by atoms with Crippen molar-refractivity contribution in [3.8, 4) is 11.1 Å². The van der Waals surface area contributed by atoms with Gasteiger partial charge in [-0.25, -0.2) is 14.6 Å². The van der Waals surface area contributed by atoms with Gasteiger partial charge in [0.05, 0.1) is 30.5 Å². The highest BCUT2D eigenvalue weighted by Crippen LogP contribution is 2.41. The smallest absolute Gasteiger partial charge is 0.410 e. The summed E-state index contributed by atoms with van der Waals surface area (Å²) in [5, 5.41) is 0.713. The maximum absolute atomic E-state index is 13.0. The molecule has 6 nitrogen and oxygen atoms in total. The molecule has 0 N–H and O–H groups in total. The van der Waals surface area contributed by atoms with Crippen LogP contribution in [-0.2, 0) is 17.8 Å². The molecule has 1 spiro atoms. The van der Waals surface area contributed by atoms with E-state index in [1.807, 2.05) is 53.7 Å². The summed E-state index contributed by atoms with van der Waals surface area (Å²) >= 11 is 6.05. The number of aromatic nitrogens is 2. The van der Waals surface area contributed by atoms with Gasteiger partial charge in [0.2, 0.25) is 0 Å². The van der Waals surface area contributed by atoms with Crippen molar-refractivity contribution in [3.63, 3.8) is 0 Å². The number of rotatable bonds is 5. The first-order valence-corrected chi connectivity index (χ1v) is 13.0. The normalized spacial score (nSPS) is 21.4. The van der Waals surface area contributed by atoms with Crippen molar-refractivity contribution in [3.05, 3.63) is 95.1 Å². The van der Waals surface area contributed by atoms with Crippen LogP contribution in [0.3, 0.4) is 0 Å². The Bertz CT molecular complexity index is 1510. The highest BCUT2D eigenvalue weighted by Gasteiger charge is 2.47. The zero-order chi connectivity index (χ0) is 25.4. The summed E-state index contributed by atoms with van der Waals surface area (Å²) in [6.07, 6.45) is 5.47. The van der Waals surface area contributed by atoms with Crippen LogP contribution in [0.5, 0.6) is 0 Å². The Morgan fingerprint density at radius 1 is 1.11 bits per heavy atom. The summed E-state index contributed by atoms with van der Waals surface area (Å²) in [6.45, 7) is 9.27. The second-order valence-electron chi connectivity index (χ2n) is 10.3. The zero-order valence-corrected chi connectivity index (χ0v) is 21.2. The number of benzene rings is 3. The van der Waals surface area contributed by atoms with E-state index in [-0.39, 0.29) is 6.09 Å². The number of nitrogens with zero attached hydrogens (tertiary/aromatic N) is 4. The van der Waals surface area contributed by atoms with E-state index >= 15 is 0 Å². The topological polar surface area (TPSA) is 51.7 Å². The highest BCUT2D eigenvalue weighted by atomic mass is 35.5. The van der Waals surface area contributed by atoms with Crippen LogP contribution in [0.2, 0.25) is 5.02 Å². The van der Waals surface area contributed by atoms with Crippen molar-refractivity contribution in [2.45, 2.75) is 44.4 Å². The summed E-state index contributed by atoms with van der Waals surface area (Å²) in [7, 11) is 0. The van der Waals surface area contributed by atoms with E-state index in [2.05, 4.69) is 32.6 Å². The third-order valence-corrected chi connectivity index (χ3v) is 7.87. The van der Waals surface area contributed by atoms with Gasteiger partial charge in [0.15, 0.2) is 5.69 Å². The molecule has 186 valence electrons. The van der Waals surface area contributed by atoms with Gasteiger partial charge in [-0.3, -0.25) is 4.90 Å². The van der Waals surface area contributed by atoms with Crippen molar-refractivity contribution in [1.82, 2.24) is 14.5 Å². The number of hydrogen-bond donors (Lipinski definition) is 0. The predicted molar refractivity (Wildman–Crippen MR) is 144 cm³/mol. The minimum absolute atomic E-state index is 0.229. The molecule has 3 aromatic carbocycles. The van der Waals surface area contributed by atoms with Gasteiger partial charge in [0, 0.05) is 18.1 Å². The molecule has 1 aliphatic carbocycles. The second kappa shape index (κ2) is 9.57. The number of amides is 1. The van der Waals surface area contributed by atoms with E-state index in [1.54, 1.807) is 6.07 Å². The number of halogens is 1. The molecule has 1 saturated carbocycles. The molecule has 1 aliphatic heterocycles. The summed E-state index contributed by atoms with van der Waals surface area (Å²) in [5.74, 6) is 0.378. The highest BCUT2D eigenvalue weighted by molar-refractivity contribution is 6.30. The van der Waals surface area contributed by atoms with Gasteiger partial charge >= 0.3 is 6.09 Å². The standard InChI is InChI=1S/C30H27ClN4O2/c1-32-26-11-12-27-28(15-26)35(20-33-27)18-22-5-3-13-30(16-22)19-34(29(36)37-30)17-21-4-2-6-24(14-21)23-7-9-25(31)10-8-23/h2,4,6-12,14-15,20,22H,3,5,13,16-19H2/t22-,30-/m0/s1. The van der Waals surface area contributed by atoms with Crippen molar-refractivity contribution < 1.29 is 9.53 Å². The molecule has 4 aromatic rings. The molecule has 2 aliphatic rings. The molecule has 1 amide bonds. The molecular formula is C30H27ClN4O2. The third kappa shape index (κ3) is 4.80. The lowest BCUT2D eigenvalue weighted by molar-refractivity contribution is 0.00415. The Balaban J connectivity index is 1.15. The van der Waals surface area contributed by atoms with Gasteiger partial charge in [0.1, 0.15) is 5.60 Å². The van der Waals surface area contributed by atoms with Gasteiger partial charge in [-0.15, -0.1) is 0 Å². The number of imidazole rings is 1. The minimum atomic E-state index is -0.439. The largest absolute Gasteiger partial charge is 0.441 e. The first kappa shape index (κ1) is 23.6. The summed E-state index contributed by atoms with van der Waals surface area (Å²) in [5.41, 5.74) is 5.34. The van der Waals surface area contributed by atoms with Gasteiger partial charge in [-0.05, 0) is 78.6 Å². The Hall–Kier alpha value is -3.82.